The van der Waals surface area contributed by atoms with Gasteiger partial charge in [-0.05, 0) is 25.5 Å². The summed E-state index contributed by atoms with van der Waals surface area (Å²) in [7, 11) is 0. The number of benzene rings is 1. The molecule has 0 radical (unpaired) electrons. The van der Waals surface area contributed by atoms with Crippen LogP contribution in [0.3, 0.4) is 0 Å². The van der Waals surface area contributed by atoms with Crippen LogP contribution < -0.4 is 0 Å². The molecule has 0 atom stereocenters. The highest BCUT2D eigenvalue weighted by atomic mass is 16.5. The number of esters is 1. The summed E-state index contributed by atoms with van der Waals surface area (Å²) in [4.78, 5) is 22.2. The molecule has 4 nitrogen and oxygen atoms in total. The van der Waals surface area contributed by atoms with Gasteiger partial charge in [0.2, 0.25) is 0 Å². The van der Waals surface area contributed by atoms with Crippen molar-refractivity contribution in [2.75, 3.05) is 6.61 Å². The van der Waals surface area contributed by atoms with Gasteiger partial charge in [0.1, 0.15) is 6.42 Å². The molecule has 0 amide bonds. The van der Waals surface area contributed by atoms with E-state index >= 15 is 0 Å². The Morgan fingerprint density at radius 1 is 1.39 bits per heavy atom. The largest absolute Gasteiger partial charge is 0.478 e. The fraction of sp³-hybridized carbons (Fsp3) is 0.286. The van der Waals surface area contributed by atoms with Crippen molar-refractivity contribution in [1.82, 2.24) is 0 Å². The monoisotopic (exact) mass is 246 g/mol. The molecule has 1 aromatic carbocycles. The first-order valence-corrected chi connectivity index (χ1v) is 5.53. The predicted octanol–water partition coefficient (Wildman–Crippen LogP) is 2.00. The maximum Gasteiger partial charge on any atom is 0.337 e. The molecule has 0 spiro atoms. The van der Waals surface area contributed by atoms with Crippen LogP contribution in [0.15, 0.2) is 18.2 Å². The zero-order valence-corrected chi connectivity index (χ0v) is 10.3. The Hall–Kier alpha value is -2.28. The standard InChI is InChI=1S/C14H14O4/c1-3-18-12(15)9-5-8-11-7-4-6-10(2)13(11)14(16)17/h4,6-7H,3,9H2,1-2H3,(H,16,17). The molecular weight excluding hydrogens is 232 g/mol. The lowest BCUT2D eigenvalue weighted by atomic mass is 10.0. The van der Waals surface area contributed by atoms with E-state index in [-0.39, 0.29) is 12.0 Å². The highest BCUT2D eigenvalue weighted by Crippen LogP contribution is 2.13. The molecule has 0 bridgehead atoms. The number of aromatic carboxylic acids is 1. The van der Waals surface area contributed by atoms with E-state index in [1.54, 1.807) is 32.0 Å². The fourth-order valence-electron chi connectivity index (χ4n) is 1.48. The molecule has 0 aromatic heterocycles. The number of hydrogen-bond acceptors (Lipinski definition) is 3. The van der Waals surface area contributed by atoms with Crippen LogP contribution in [0.1, 0.15) is 34.8 Å². The average Bonchev–Trinajstić information content (AvgIpc) is 2.28. The van der Waals surface area contributed by atoms with Gasteiger partial charge in [0, 0.05) is 5.56 Å². The molecule has 0 aliphatic heterocycles. The highest BCUT2D eigenvalue weighted by Gasteiger charge is 2.10. The first kappa shape index (κ1) is 13.8. The zero-order valence-electron chi connectivity index (χ0n) is 10.3. The van der Waals surface area contributed by atoms with Gasteiger partial charge in [-0.15, -0.1) is 0 Å². The SMILES string of the molecule is CCOC(=O)CC#Cc1cccc(C)c1C(=O)O. The number of carbonyl (C=O) groups is 2. The van der Waals surface area contributed by atoms with Crippen LogP contribution in [0.2, 0.25) is 0 Å². The summed E-state index contributed by atoms with van der Waals surface area (Å²) in [5.74, 6) is 3.89. The van der Waals surface area contributed by atoms with Gasteiger partial charge in [-0.1, -0.05) is 24.0 Å². The van der Waals surface area contributed by atoms with E-state index in [1.165, 1.54) is 0 Å². The van der Waals surface area contributed by atoms with Gasteiger partial charge in [-0.2, -0.15) is 0 Å². The number of carboxylic acid groups (broad SMARTS) is 1. The Kier molecular flexibility index (Phi) is 4.94. The Bertz CT molecular complexity index is 520. The van der Waals surface area contributed by atoms with Gasteiger partial charge in [-0.25, -0.2) is 4.79 Å². The van der Waals surface area contributed by atoms with Crippen molar-refractivity contribution < 1.29 is 19.4 Å². The molecule has 0 aliphatic carbocycles. The second-order valence-corrected chi connectivity index (χ2v) is 3.59. The number of aryl methyl sites for hydroxylation is 1. The fourth-order valence-corrected chi connectivity index (χ4v) is 1.48. The third kappa shape index (κ3) is 3.63. The van der Waals surface area contributed by atoms with Crippen LogP contribution in [0.4, 0.5) is 0 Å². The third-order valence-corrected chi connectivity index (χ3v) is 2.25. The van der Waals surface area contributed by atoms with E-state index in [9.17, 15) is 9.59 Å². The van der Waals surface area contributed by atoms with Crippen molar-refractivity contribution in [2.24, 2.45) is 0 Å². The Morgan fingerprint density at radius 3 is 2.72 bits per heavy atom. The minimum Gasteiger partial charge on any atom is -0.478 e. The molecule has 0 saturated carbocycles. The molecular formula is C14H14O4. The normalized spacial score (nSPS) is 9.22. The van der Waals surface area contributed by atoms with Gasteiger partial charge in [0.25, 0.3) is 0 Å². The molecule has 4 heteroatoms. The van der Waals surface area contributed by atoms with Gasteiger partial charge < -0.3 is 9.84 Å². The Labute approximate surface area is 106 Å². The highest BCUT2D eigenvalue weighted by molar-refractivity contribution is 5.92. The molecule has 0 fully saturated rings. The minimum absolute atomic E-state index is 0.0408. The van der Waals surface area contributed by atoms with Crippen molar-refractivity contribution in [3.05, 3.63) is 34.9 Å². The van der Waals surface area contributed by atoms with Gasteiger partial charge in [0.05, 0.1) is 12.2 Å². The van der Waals surface area contributed by atoms with Crippen molar-refractivity contribution in [2.45, 2.75) is 20.3 Å². The van der Waals surface area contributed by atoms with Crippen LogP contribution in [0.5, 0.6) is 0 Å². The van der Waals surface area contributed by atoms with Crippen LogP contribution in [0.25, 0.3) is 0 Å². The molecule has 0 aliphatic rings. The molecule has 1 rings (SSSR count). The average molecular weight is 246 g/mol. The zero-order chi connectivity index (χ0) is 13.5. The Balaban J connectivity index is 2.92. The summed E-state index contributed by atoms with van der Waals surface area (Å²) in [5.41, 5.74) is 1.23. The van der Waals surface area contributed by atoms with E-state index in [2.05, 4.69) is 11.8 Å². The summed E-state index contributed by atoms with van der Waals surface area (Å²) in [6, 6.07) is 5.06. The summed E-state index contributed by atoms with van der Waals surface area (Å²) in [6.07, 6.45) is -0.0408. The van der Waals surface area contributed by atoms with E-state index in [0.717, 1.165) is 0 Å². The van der Waals surface area contributed by atoms with Crippen molar-refractivity contribution in [1.29, 1.82) is 0 Å². The minimum atomic E-state index is -1.02. The molecule has 0 saturated heterocycles. The lowest BCUT2D eigenvalue weighted by molar-refractivity contribution is -0.141. The summed E-state index contributed by atoms with van der Waals surface area (Å²) < 4.78 is 4.72. The molecule has 0 heterocycles. The first-order chi connectivity index (χ1) is 8.56. The summed E-state index contributed by atoms with van der Waals surface area (Å²) in [5, 5.41) is 9.08. The molecule has 0 unspecified atom stereocenters. The van der Waals surface area contributed by atoms with Gasteiger partial charge >= 0.3 is 11.9 Å². The number of carbonyl (C=O) groups excluding carboxylic acids is 1. The van der Waals surface area contributed by atoms with Crippen molar-refractivity contribution >= 4 is 11.9 Å². The Morgan fingerprint density at radius 2 is 2.11 bits per heavy atom. The second kappa shape index (κ2) is 6.45. The van der Waals surface area contributed by atoms with E-state index in [1.807, 2.05) is 0 Å². The lowest BCUT2D eigenvalue weighted by Gasteiger charge is -2.02. The molecule has 1 N–H and O–H groups in total. The quantitative estimate of drug-likeness (QED) is 0.654. The lowest BCUT2D eigenvalue weighted by Crippen LogP contribution is -2.04. The van der Waals surface area contributed by atoms with E-state index in [0.29, 0.717) is 17.7 Å². The van der Waals surface area contributed by atoms with Crippen LogP contribution >= 0.6 is 0 Å². The summed E-state index contributed by atoms with van der Waals surface area (Å²) >= 11 is 0. The van der Waals surface area contributed by atoms with E-state index < -0.39 is 11.9 Å². The molecule has 94 valence electrons. The maximum atomic E-state index is 11.1. The van der Waals surface area contributed by atoms with E-state index in [4.69, 9.17) is 9.84 Å². The number of ether oxygens (including phenoxy) is 1. The van der Waals surface area contributed by atoms with Crippen LogP contribution in [-0.4, -0.2) is 23.7 Å². The maximum absolute atomic E-state index is 11.1. The third-order valence-electron chi connectivity index (χ3n) is 2.25. The topological polar surface area (TPSA) is 63.6 Å². The van der Waals surface area contributed by atoms with Crippen LogP contribution in [0, 0.1) is 18.8 Å². The first-order valence-electron chi connectivity index (χ1n) is 5.53. The summed E-state index contributed by atoms with van der Waals surface area (Å²) in [6.45, 7) is 3.74. The smallest absolute Gasteiger partial charge is 0.337 e. The number of carboxylic acids is 1. The van der Waals surface area contributed by atoms with Gasteiger partial charge in [0.15, 0.2) is 0 Å². The van der Waals surface area contributed by atoms with Crippen molar-refractivity contribution in [3.63, 3.8) is 0 Å². The predicted molar refractivity (Wildman–Crippen MR) is 66.3 cm³/mol. The molecule has 1 aromatic rings. The van der Waals surface area contributed by atoms with Gasteiger partial charge in [-0.3, -0.25) is 4.79 Å². The van der Waals surface area contributed by atoms with Crippen molar-refractivity contribution in [3.8, 4) is 11.8 Å². The number of hydrogen-bond donors (Lipinski definition) is 1. The number of rotatable bonds is 3. The second-order valence-electron chi connectivity index (χ2n) is 3.59. The molecule has 18 heavy (non-hydrogen) atoms. The van der Waals surface area contributed by atoms with Crippen LogP contribution in [-0.2, 0) is 9.53 Å².